The lowest BCUT2D eigenvalue weighted by Crippen LogP contribution is -2.36. The van der Waals surface area contributed by atoms with Gasteiger partial charge in [0.25, 0.3) is 5.91 Å². The fourth-order valence-electron chi connectivity index (χ4n) is 3.57. The SMILES string of the molecule is O=C(O)c1ccc2c(c1)CN(C(=O)c1noc3c1CCCC3)CC2. The van der Waals surface area contributed by atoms with Crippen LogP contribution in [-0.2, 0) is 25.8 Å². The molecule has 1 aromatic carbocycles. The molecule has 6 heteroatoms. The zero-order valence-corrected chi connectivity index (χ0v) is 13.2. The summed E-state index contributed by atoms with van der Waals surface area (Å²) in [6.07, 6.45) is 4.54. The molecule has 0 atom stereocenters. The van der Waals surface area contributed by atoms with Crippen molar-refractivity contribution in [2.45, 2.75) is 38.6 Å². The molecule has 6 nitrogen and oxygen atoms in total. The predicted molar refractivity (Wildman–Crippen MR) is 85.0 cm³/mol. The van der Waals surface area contributed by atoms with E-state index in [1.165, 1.54) is 0 Å². The maximum absolute atomic E-state index is 12.8. The normalized spacial score (nSPS) is 16.4. The molecule has 1 amide bonds. The first kappa shape index (κ1) is 14.9. The van der Waals surface area contributed by atoms with Gasteiger partial charge in [-0.05, 0) is 48.9 Å². The Morgan fingerprint density at radius 2 is 1.96 bits per heavy atom. The summed E-state index contributed by atoms with van der Waals surface area (Å²) in [7, 11) is 0. The number of fused-ring (bicyclic) bond motifs is 2. The van der Waals surface area contributed by atoms with Crippen LogP contribution in [0.3, 0.4) is 0 Å². The van der Waals surface area contributed by atoms with E-state index < -0.39 is 5.97 Å². The molecule has 0 unspecified atom stereocenters. The second-order valence-electron chi connectivity index (χ2n) is 6.41. The molecule has 2 heterocycles. The third kappa shape index (κ3) is 2.48. The van der Waals surface area contributed by atoms with Crippen molar-refractivity contribution >= 4 is 11.9 Å². The number of amides is 1. The highest BCUT2D eigenvalue weighted by atomic mass is 16.5. The molecule has 0 radical (unpaired) electrons. The summed E-state index contributed by atoms with van der Waals surface area (Å²) in [6, 6.07) is 5.13. The maximum Gasteiger partial charge on any atom is 0.335 e. The molecule has 1 N–H and O–H groups in total. The average molecular weight is 326 g/mol. The quantitative estimate of drug-likeness (QED) is 0.916. The smallest absolute Gasteiger partial charge is 0.335 e. The molecular weight excluding hydrogens is 308 g/mol. The van der Waals surface area contributed by atoms with Gasteiger partial charge in [0.05, 0.1) is 5.56 Å². The van der Waals surface area contributed by atoms with Crippen molar-refractivity contribution in [2.24, 2.45) is 0 Å². The number of rotatable bonds is 2. The molecule has 0 saturated carbocycles. The number of carbonyl (C=O) groups excluding carboxylic acids is 1. The Morgan fingerprint density at radius 3 is 2.79 bits per heavy atom. The fraction of sp³-hybridized carbons (Fsp3) is 0.389. The van der Waals surface area contributed by atoms with Crippen LogP contribution < -0.4 is 0 Å². The van der Waals surface area contributed by atoms with Gasteiger partial charge in [0, 0.05) is 25.1 Å². The number of carboxylic acid groups (broad SMARTS) is 1. The zero-order valence-electron chi connectivity index (χ0n) is 13.2. The number of hydrogen-bond donors (Lipinski definition) is 1. The monoisotopic (exact) mass is 326 g/mol. The number of carboxylic acids is 1. The Labute approximate surface area is 139 Å². The van der Waals surface area contributed by atoms with Crippen LogP contribution >= 0.6 is 0 Å². The summed E-state index contributed by atoms with van der Waals surface area (Å²) in [5, 5.41) is 13.2. The topological polar surface area (TPSA) is 83.6 Å². The molecule has 1 aromatic heterocycles. The van der Waals surface area contributed by atoms with E-state index in [4.69, 9.17) is 9.63 Å². The van der Waals surface area contributed by atoms with E-state index in [0.29, 0.717) is 18.8 Å². The summed E-state index contributed by atoms with van der Waals surface area (Å²) in [5.74, 6) is -0.227. The minimum atomic E-state index is -0.952. The van der Waals surface area contributed by atoms with Crippen molar-refractivity contribution in [1.82, 2.24) is 10.1 Å². The molecule has 24 heavy (non-hydrogen) atoms. The number of aryl methyl sites for hydroxylation is 1. The first-order chi connectivity index (χ1) is 11.6. The molecule has 0 bridgehead atoms. The molecule has 4 rings (SSSR count). The van der Waals surface area contributed by atoms with Gasteiger partial charge >= 0.3 is 5.97 Å². The van der Waals surface area contributed by atoms with Crippen molar-refractivity contribution in [3.05, 3.63) is 51.9 Å². The van der Waals surface area contributed by atoms with Crippen LogP contribution in [-0.4, -0.2) is 33.6 Å². The zero-order chi connectivity index (χ0) is 16.7. The Kier molecular flexibility index (Phi) is 3.59. The second-order valence-corrected chi connectivity index (χ2v) is 6.41. The van der Waals surface area contributed by atoms with Crippen LogP contribution in [0.1, 0.15) is 56.1 Å². The van der Waals surface area contributed by atoms with Crippen LogP contribution in [0.25, 0.3) is 0 Å². The van der Waals surface area contributed by atoms with Gasteiger partial charge in [-0.25, -0.2) is 4.79 Å². The van der Waals surface area contributed by atoms with Gasteiger partial charge < -0.3 is 14.5 Å². The number of aromatic nitrogens is 1. The van der Waals surface area contributed by atoms with E-state index in [0.717, 1.165) is 54.6 Å². The van der Waals surface area contributed by atoms with E-state index in [1.54, 1.807) is 17.0 Å². The van der Waals surface area contributed by atoms with Crippen LogP contribution in [0, 0.1) is 0 Å². The van der Waals surface area contributed by atoms with Crippen LogP contribution in [0.15, 0.2) is 22.7 Å². The number of hydrogen-bond acceptors (Lipinski definition) is 4. The molecule has 0 spiro atoms. The van der Waals surface area contributed by atoms with Crippen LogP contribution in [0.4, 0.5) is 0 Å². The number of carbonyl (C=O) groups is 2. The van der Waals surface area contributed by atoms with Gasteiger partial charge in [0.1, 0.15) is 5.76 Å². The van der Waals surface area contributed by atoms with E-state index in [9.17, 15) is 9.59 Å². The predicted octanol–water partition coefficient (Wildman–Crippen LogP) is 2.45. The van der Waals surface area contributed by atoms with Crippen molar-refractivity contribution in [2.75, 3.05) is 6.54 Å². The van der Waals surface area contributed by atoms with Gasteiger partial charge in [-0.15, -0.1) is 0 Å². The Balaban J connectivity index is 1.60. The van der Waals surface area contributed by atoms with E-state index >= 15 is 0 Å². The number of nitrogens with zero attached hydrogens (tertiary/aromatic N) is 2. The Bertz CT molecular complexity index is 824. The van der Waals surface area contributed by atoms with Crippen molar-refractivity contribution in [3.8, 4) is 0 Å². The van der Waals surface area contributed by atoms with Crippen molar-refractivity contribution in [3.63, 3.8) is 0 Å². The van der Waals surface area contributed by atoms with Gasteiger partial charge in [0.2, 0.25) is 0 Å². The Morgan fingerprint density at radius 1 is 1.12 bits per heavy atom. The maximum atomic E-state index is 12.8. The minimum Gasteiger partial charge on any atom is -0.478 e. The highest BCUT2D eigenvalue weighted by molar-refractivity contribution is 5.94. The van der Waals surface area contributed by atoms with Gasteiger partial charge in [0.15, 0.2) is 5.69 Å². The lowest BCUT2D eigenvalue weighted by Gasteiger charge is -2.28. The van der Waals surface area contributed by atoms with Crippen molar-refractivity contribution in [1.29, 1.82) is 0 Å². The third-order valence-electron chi connectivity index (χ3n) is 4.91. The van der Waals surface area contributed by atoms with Crippen LogP contribution in [0.2, 0.25) is 0 Å². The lowest BCUT2D eigenvalue weighted by atomic mass is 9.94. The molecule has 2 aliphatic rings. The first-order valence-corrected chi connectivity index (χ1v) is 8.25. The molecular formula is C18H18N2O4. The van der Waals surface area contributed by atoms with E-state index in [2.05, 4.69) is 5.16 Å². The molecule has 0 fully saturated rings. The summed E-state index contributed by atoms with van der Waals surface area (Å²) < 4.78 is 5.34. The number of aromatic carboxylic acids is 1. The largest absolute Gasteiger partial charge is 0.478 e. The van der Waals surface area contributed by atoms with Crippen molar-refractivity contribution < 1.29 is 19.2 Å². The van der Waals surface area contributed by atoms with Crippen LogP contribution in [0.5, 0.6) is 0 Å². The minimum absolute atomic E-state index is 0.117. The first-order valence-electron chi connectivity index (χ1n) is 8.25. The van der Waals surface area contributed by atoms with E-state index in [-0.39, 0.29) is 11.5 Å². The number of benzene rings is 1. The molecule has 0 saturated heterocycles. The fourth-order valence-corrected chi connectivity index (χ4v) is 3.57. The van der Waals surface area contributed by atoms with Gasteiger partial charge in [-0.2, -0.15) is 0 Å². The average Bonchev–Trinajstić information content (AvgIpc) is 3.04. The highest BCUT2D eigenvalue weighted by Gasteiger charge is 2.29. The van der Waals surface area contributed by atoms with Gasteiger partial charge in [-0.1, -0.05) is 11.2 Å². The lowest BCUT2D eigenvalue weighted by molar-refractivity contribution is 0.0696. The van der Waals surface area contributed by atoms with E-state index in [1.807, 2.05) is 6.07 Å². The molecule has 2 aromatic rings. The summed E-state index contributed by atoms with van der Waals surface area (Å²) in [6.45, 7) is 1.02. The third-order valence-corrected chi connectivity index (χ3v) is 4.91. The molecule has 1 aliphatic carbocycles. The summed E-state index contributed by atoms with van der Waals surface area (Å²) in [5.41, 5.74) is 3.64. The summed E-state index contributed by atoms with van der Waals surface area (Å²) in [4.78, 5) is 25.7. The summed E-state index contributed by atoms with van der Waals surface area (Å²) >= 11 is 0. The molecule has 124 valence electrons. The Hall–Kier alpha value is -2.63. The molecule has 1 aliphatic heterocycles. The van der Waals surface area contributed by atoms with Gasteiger partial charge in [-0.3, -0.25) is 4.79 Å². The highest BCUT2D eigenvalue weighted by Crippen LogP contribution is 2.27. The second kappa shape index (κ2) is 5.78. The standard InChI is InChI=1S/C18H18N2O4/c21-17(16-14-3-1-2-4-15(14)24-19-16)20-8-7-11-5-6-12(18(22)23)9-13(11)10-20/h5-6,9H,1-4,7-8,10H2,(H,22,23).